The van der Waals surface area contributed by atoms with Crippen molar-refractivity contribution in [2.75, 3.05) is 12.4 Å². The van der Waals surface area contributed by atoms with Crippen molar-refractivity contribution in [3.05, 3.63) is 126 Å². The highest BCUT2D eigenvalue weighted by molar-refractivity contribution is 9.10. The lowest BCUT2D eigenvalue weighted by Crippen LogP contribution is -2.40. The van der Waals surface area contributed by atoms with E-state index in [4.69, 9.17) is 14.5 Å². The number of benzene rings is 3. The average Bonchev–Trinajstić information content (AvgIpc) is 3.52. The van der Waals surface area contributed by atoms with Crippen LogP contribution in [0, 0.1) is 0 Å². The van der Waals surface area contributed by atoms with Crippen LogP contribution >= 0.6 is 27.3 Å². The number of nitrogens with one attached hydrogen (secondary N) is 1. The number of amides is 1. The molecule has 9 nitrogen and oxygen atoms in total. The zero-order chi connectivity index (χ0) is 32.5. The summed E-state index contributed by atoms with van der Waals surface area (Å²) in [7, 11) is 1.55. The molecular formula is C35H31BrN4O5S. The molecule has 0 saturated carbocycles. The van der Waals surface area contributed by atoms with Crippen LogP contribution in [0.2, 0.25) is 0 Å². The Kier molecular flexibility index (Phi) is 8.79. The van der Waals surface area contributed by atoms with Gasteiger partial charge in [-0.05, 0) is 63.2 Å². The number of fused-ring (bicyclic) bond motifs is 2. The van der Waals surface area contributed by atoms with Crippen LogP contribution in [0.3, 0.4) is 0 Å². The molecule has 0 aliphatic carbocycles. The van der Waals surface area contributed by atoms with Gasteiger partial charge in [0.25, 0.3) is 5.56 Å². The molecule has 1 aliphatic rings. The minimum absolute atomic E-state index is 0.0910. The minimum atomic E-state index is -0.833. The molecule has 3 heterocycles. The van der Waals surface area contributed by atoms with Crippen molar-refractivity contribution in [2.24, 2.45) is 4.99 Å². The van der Waals surface area contributed by atoms with Gasteiger partial charge in [-0.1, -0.05) is 63.7 Å². The van der Waals surface area contributed by atoms with Crippen LogP contribution in [0.1, 0.15) is 37.9 Å². The Balaban J connectivity index is 1.48. The molecule has 6 rings (SSSR count). The van der Waals surface area contributed by atoms with Crippen LogP contribution in [-0.2, 0) is 20.9 Å². The number of esters is 1. The first-order valence-electron chi connectivity index (χ1n) is 14.6. The number of halogens is 1. The van der Waals surface area contributed by atoms with E-state index in [1.807, 2.05) is 83.6 Å². The first-order valence-corrected chi connectivity index (χ1v) is 16.2. The molecule has 0 bridgehead atoms. The number of para-hydroxylation sites is 2. The zero-order valence-corrected chi connectivity index (χ0v) is 28.0. The number of anilines is 1. The van der Waals surface area contributed by atoms with Crippen LogP contribution in [0.15, 0.2) is 105 Å². The number of thiazole rings is 1. The summed E-state index contributed by atoms with van der Waals surface area (Å²) in [5, 5.41) is 3.82. The molecule has 1 atom stereocenters. The standard InChI is InChI=1S/C35H31BrN4O5S/c1-20(2)45-34(43)31-21(3)37-35-40(32(31)26-17-23(36)14-15-28(26)44-4)33(42)29(46-35)16-22-18-39(27-13-9-8-12-25(22)27)19-30(41)38-24-10-6-5-7-11-24/h5-18,20,32H,19H2,1-4H3,(H,38,41)/b29-16-/t32-/m0/s1. The molecule has 0 saturated heterocycles. The Bertz CT molecular complexity index is 2200. The van der Waals surface area contributed by atoms with E-state index in [1.165, 1.54) is 15.9 Å². The minimum Gasteiger partial charge on any atom is -0.496 e. The van der Waals surface area contributed by atoms with Crippen molar-refractivity contribution >= 4 is 61.8 Å². The van der Waals surface area contributed by atoms with E-state index in [1.54, 1.807) is 33.9 Å². The summed E-state index contributed by atoms with van der Waals surface area (Å²) in [6.07, 6.45) is 3.33. The summed E-state index contributed by atoms with van der Waals surface area (Å²) in [6.45, 7) is 5.40. The third-order valence-electron chi connectivity index (χ3n) is 7.55. The molecule has 1 N–H and O–H groups in total. The number of allylic oxidation sites excluding steroid dienone is 1. The summed E-state index contributed by atoms with van der Waals surface area (Å²) >= 11 is 4.78. The monoisotopic (exact) mass is 698 g/mol. The van der Waals surface area contributed by atoms with Gasteiger partial charge in [0, 0.05) is 38.4 Å². The third-order valence-corrected chi connectivity index (χ3v) is 9.02. The smallest absolute Gasteiger partial charge is 0.338 e. The molecule has 1 amide bonds. The molecule has 5 aromatic rings. The zero-order valence-electron chi connectivity index (χ0n) is 25.6. The first kappa shape index (κ1) is 31.3. The second kappa shape index (κ2) is 12.9. The SMILES string of the molecule is COc1ccc(Br)cc1[C@H]1C(C(=O)OC(C)C)=C(C)N=c2s/c(=C\c3cn(CC(=O)Nc4ccccc4)c4ccccc34)c(=O)n21. The van der Waals surface area contributed by atoms with Crippen molar-refractivity contribution < 1.29 is 19.1 Å². The molecular weight excluding hydrogens is 668 g/mol. The van der Waals surface area contributed by atoms with Crippen molar-refractivity contribution in [3.63, 3.8) is 0 Å². The number of carbonyl (C=O) groups is 2. The first-order chi connectivity index (χ1) is 22.1. The lowest BCUT2D eigenvalue weighted by atomic mass is 9.95. The number of rotatable bonds is 8. The Morgan fingerprint density at radius 2 is 1.83 bits per heavy atom. The van der Waals surface area contributed by atoms with Crippen LogP contribution in [-0.4, -0.2) is 34.2 Å². The maximum atomic E-state index is 14.3. The highest BCUT2D eigenvalue weighted by Gasteiger charge is 2.35. The molecule has 1 aliphatic heterocycles. The van der Waals surface area contributed by atoms with Crippen molar-refractivity contribution in [1.82, 2.24) is 9.13 Å². The van der Waals surface area contributed by atoms with Crippen LogP contribution in [0.25, 0.3) is 17.0 Å². The number of methoxy groups -OCH3 is 1. The summed E-state index contributed by atoms with van der Waals surface area (Å²) < 4.78 is 15.9. The highest BCUT2D eigenvalue weighted by Crippen LogP contribution is 2.37. The lowest BCUT2D eigenvalue weighted by Gasteiger charge is -2.26. The van der Waals surface area contributed by atoms with Gasteiger partial charge >= 0.3 is 5.97 Å². The number of carbonyl (C=O) groups excluding carboxylic acids is 2. The number of hydrogen-bond donors (Lipinski definition) is 1. The van der Waals surface area contributed by atoms with Gasteiger partial charge in [-0.3, -0.25) is 14.2 Å². The van der Waals surface area contributed by atoms with Crippen LogP contribution < -0.4 is 24.9 Å². The van der Waals surface area contributed by atoms with Crippen molar-refractivity contribution in [3.8, 4) is 5.75 Å². The fourth-order valence-electron chi connectivity index (χ4n) is 5.61. The maximum absolute atomic E-state index is 14.3. The van der Waals surface area contributed by atoms with Crippen LogP contribution in [0.5, 0.6) is 5.75 Å². The van der Waals surface area contributed by atoms with E-state index >= 15 is 0 Å². The summed E-state index contributed by atoms with van der Waals surface area (Å²) in [5.74, 6) is -0.198. The van der Waals surface area contributed by atoms with Gasteiger partial charge in [0.05, 0.1) is 29.0 Å². The van der Waals surface area contributed by atoms with Gasteiger partial charge in [-0.25, -0.2) is 9.79 Å². The molecule has 234 valence electrons. The van der Waals surface area contributed by atoms with E-state index in [9.17, 15) is 14.4 Å². The van der Waals surface area contributed by atoms with E-state index < -0.39 is 12.0 Å². The number of hydrogen-bond acceptors (Lipinski definition) is 7. The summed E-state index contributed by atoms with van der Waals surface area (Å²) in [5.41, 5.74) is 3.40. The van der Waals surface area contributed by atoms with Crippen molar-refractivity contribution in [2.45, 2.75) is 39.5 Å². The van der Waals surface area contributed by atoms with Gasteiger partial charge in [0.15, 0.2) is 4.80 Å². The molecule has 11 heteroatoms. The quantitative estimate of drug-likeness (QED) is 0.214. The summed E-state index contributed by atoms with van der Waals surface area (Å²) in [6, 6.07) is 21.7. The topological polar surface area (TPSA) is 104 Å². The van der Waals surface area contributed by atoms with Gasteiger partial charge in [0.2, 0.25) is 5.91 Å². The normalized spacial score (nSPS) is 14.7. The fraction of sp³-hybridized carbons (Fsp3) is 0.200. The average molecular weight is 700 g/mol. The predicted octanol–water partition coefficient (Wildman–Crippen LogP) is 5.55. The summed E-state index contributed by atoms with van der Waals surface area (Å²) in [4.78, 5) is 45.9. The molecule has 3 aromatic carbocycles. The second-order valence-corrected chi connectivity index (χ2v) is 13.0. The van der Waals surface area contributed by atoms with Crippen LogP contribution in [0.4, 0.5) is 5.69 Å². The Hall–Kier alpha value is -4.74. The Labute approximate surface area is 277 Å². The second-order valence-electron chi connectivity index (χ2n) is 11.1. The molecule has 2 aromatic heterocycles. The van der Waals surface area contributed by atoms with Crippen molar-refractivity contribution in [1.29, 1.82) is 0 Å². The van der Waals surface area contributed by atoms with E-state index in [-0.39, 0.29) is 29.7 Å². The largest absolute Gasteiger partial charge is 0.496 e. The Morgan fingerprint density at radius 3 is 2.57 bits per heavy atom. The predicted molar refractivity (Wildman–Crippen MR) is 183 cm³/mol. The van der Waals surface area contributed by atoms with Gasteiger partial charge in [-0.2, -0.15) is 0 Å². The fourth-order valence-corrected chi connectivity index (χ4v) is 7.03. The number of nitrogens with zero attached hydrogens (tertiary/aromatic N) is 3. The third kappa shape index (κ3) is 6.08. The maximum Gasteiger partial charge on any atom is 0.338 e. The van der Waals surface area contributed by atoms with E-state index in [0.717, 1.165) is 20.9 Å². The van der Waals surface area contributed by atoms with E-state index in [0.29, 0.717) is 32.0 Å². The number of ether oxygens (including phenoxy) is 2. The Morgan fingerprint density at radius 1 is 1.09 bits per heavy atom. The molecule has 0 fully saturated rings. The van der Waals surface area contributed by atoms with Gasteiger partial charge in [-0.15, -0.1) is 0 Å². The molecule has 46 heavy (non-hydrogen) atoms. The molecule has 0 unspecified atom stereocenters. The number of aromatic nitrogens is 2. The van der Waals surface area contributed by atoms with Gasteiger partial charge in [0.1, 0.15) is 18.3 Å². The molecule has 0 radical (unpaired) electrons. The lowest BCUT2D eigenvalue weighted by molar-refractivity contribution is -0.143. The van der Waals surface area contributed by atoms with E-state index in [2.05, 4.69) is 21.2 Å². The van der Waals surface area contributed by atoms with Gasteiger partial charge < -0.3 is 19.4 Å². The molecule has 0 spiro atoms. The highest BCUT2D eigenvalue weighted by atomic mass is 79.9.